The first-order chi connectivity index (χ1) is 12.6. The average molecular weight is 406 g/mol. The highest BCUT2D eigenvalue weighted by Gasteiger charge is 2.35. The van der Waals surface area contributed by atoms with Gasteiger partial charge in [0.2, 0.25) is 11.8 Å². The molecular weight excluding hydrogens is 382 g/mol. The van der Waals surface area contributed by atoms with Gasteiger partial charge in [-0.1, -0.05) is 30.3 Å². The van der Waals surface area contributed by atoms with Crippen LogP contribution < -0.4 is 16.0 Å². The van der Waals surface area contributed by atoms with E-state index in [1.165, 1.54) is 0 Å². The van der Waals surface area contributed by atoms with Crippen molar-refractivity contribution in [1.82, 2.24) is 5.32 Å². The van der Waals surface area contributed by atoms with Crippen LogP contribution in [0.4, 0.5) is 5.69 Å². The average Bonchev–Trinajstić information content (AvgIpc) is 3.08. The number of nitrogens with zero attached hydrogens (tertiary/aromatic N) is 1. The van der Waals surface area contributed by atoms with E-state index < -0.39 is 0 Å². The van der Waals surface area contributed by atoms with Gasteiger partial charge in [0, 0.05) is 36.1 Å². The number of nitrogens with one attached hydrogen (secondary N) is 1. The number of carbonyl (C=O) groups is 2. The molecule has 2 aromatic rings. The number of carbonyl (C=O) groups excluding carboxylic acids is 2. The Bertz CT molecular complexity index is 771. The fourth-order valence-corrected chi connectivity index (χ4v) is 3.48. The number of halogens is 1. The van der Waals surface area contributed by atoms with Gasteiger partial charge < -0.3 is 16.0 Å². The predicted molar refractivity (Wildman–Crippen MR) is 112 cm³/mol. The first kappa shape index (κ1) is 21.3. The third-order valence-electron chi connectivity index (χ3n) is 4.60. The van der Waals surface area contributed by atoms with Crippen LogP contribution in [-0.4, -0.2) is 31.2 Å². The van der Waals surface area contributed by atoms with Crippen LogP contribution in [0.1, 0.15) is 18.0 Å². The third kappa shape index (κ3) is 5.25. The molecule has 144 valence electrons. The Morgan fingerprint density at radius 3 is 2.52 bits per heavy atom. The number of hydrogen-bond donors (Lipinski definition) is 2. The summed E-state index contributed by atoms with van der Waals surface area (Å²) in [7, 11) is 0. The molecule has 3 rings (SSSR count). The van der Waals surface area contributed by atoms with Gasteiger partial charge in [-0.2, -0.15) is 0 Å². The second-order valence-electron chi connectivity index (χ2n) is 6.37. The zero-order valence-corrected chi connectivity index (χ0v) is 16.8. The minimum Gasteiger partial charge on any atom is -0.354 e. The number of benzene rings is 2. The summed E-state index contributed by atoms with van der Waals surface area (Å²) in [6.45, 7) is 0.764. The molecule has 1 saturated heterocycles. The topological polar surface area (TPSA) is 75.4 Å². The van der Waals surface area contributed by atoms with Crippen molar-refractivity contribution in [3.8, 4) is 0 Å². The maximum atomic E-state index is 12.5. The van der Waals surface area contributed by atoms with Gasteiger partial charge >= 0.3 is 0 Å². The van der Waals surface area contributed by atoms with Crippen molar-refractivity contribution in [1.29, 1.82) is 0 Å². The largest absolute Gasteiger partial charge is 0.354 e. The third-order valence-corrected chi connectivity index (χ3v) is 5.35. The maximum Gasteiger partial charge on any atom is 0.227 e. The van der Waals surface area contributed by atoms with Gasteiger partial charge in [-0.25, -0.2) is 0 Å². The summed E-state index contributed by atoms with van der Waals surface area (Å²) in [5, 5.41) is 2.89. The van der Waals surface area contributed by atoms with Crippen molar-refractivity contribution in [3.05, 3.63) is 60.2 Å². The molecule has 1 fully saturated rings. The minimum absolute atomic E-state index is 0. The van der Waals surface area contributed by atoms with Gasteiger partial charge in [0.25, 0.3) is 0 Å². The Balaban J connectivity index is 0.00000261. The summed E-state index contributed by atoms with van der Waals surface area (Å²) in [6.07, 6.45) is 2.24. The molecule has 2 amide bonds. The lowest BCUT2D eigenvalue weighted by atomic mass is 10.1. The van der Waals surface area contributed by atoms with Crippen LogP contribution in [0.3, 0.4) is 0 Å². The molecule has 0 aliphatic carbocycles. The molecule has 0 aromatic heterocycles. The zero-order valence-electron chi connectivity index (χ0n) is 15.1. The van der Waals surface area contributed by atoms with Gasteiger partial charge in [0.1, 0.15) is 0 Å². The van der Waals surface area contributed by atoms with E-state index in [0.717, 1.165) is 16.1 Å². The fraction of sp³-hybridized carbons (Fsp3) is 0.300. The van der Waals surface area contributed by atoms with E-state index >= 15 is 0 Å². The lowest BCUT2D eigenvalue weighted by Gasteiger charge is -2.18. The number of nitrogens with two attached hydrogens (primary N) is 1. The summed E-state index contributed by atoms with van der Waals surface area (Å²) in [5.41, 5.74) is 7.94. The lowest BCUT2D eigenvalue weighted by Crippen LogP contribution is -2.37. The molecule has 2 atom stereocenters. The zero-order chi connectivity index (χ0) is 18.5. The van der Waals surface area contributed by atoms with E-state index in [1.54, 1.807) is 16.7 Å². The highest BCUT2D eigenvalue weighted by molar-refractivity contribution is 7.98. The Hall–Kier alpha value is -2.02. The van der Waals surface area contributed by atoms with Crippen LogP contribution >= 0.6 is 24.2 Å². The first-order valence-corrected chi connectivity index (χ1v) is 9.83. The molecule has 0 saturated carbocycles. The van der Waals surface area contributed by atoms with Crippen LogP contribution in [0.15, 0.2) is 59.5 Å². The molecule has 0 bridgehead atoms. The van der Waals surface area contributed by atoms with E-state index in [9.17, 15) is 9.59 Å². The van der Waals surface area contributed by atoms with E-state index in [1.807, 2.05) is 60.9 Å². The van der Waals surface area contributed by atoms with Gasteiger partial charge in [-0.3, -0.25) is 9.59 Å². The maximum absolute atomic E-state index is 12.5. The number of amides is 2. The molecule has 0 spiro atoms. The van der Waals surface area contributed by atoms with Crippen LogP contribution in [-0.2, 0) is 9.59 Å². The van der Waals surface area contributed by atoms with Crippen LogP contribution in [0.25, 0.3) is 0 Å². The van der Waals surface area contributed by atoms with Crippen molar-refractivity contribution in [2.24, 2.45) is 11.7 Å². The van der Waals surface area contributed by atoms with E-state index in [-0.39, 0.29) is 42.6 Å². The molecule has 7 heteroatoms. The molecule has 2 aromatic carbocycles. The summed E-state index contributed by atoms with van der Waals surface area (Å²) in [4.78, 5) is 27.6. The SMILES string of the molecule is CSc1ccc(N2CC(C(=O)NCC(N)c3ccccc3)CC2=O)cc1.Cl. The van der Waals surface area contributed by atoms with Crippen LogP contribution in [0, 0.1) is 5.92 Å². The molecule has 27 heavy (non-hydrogen) atoms. The van der Waals surface area contributed by atoms with Gasteiger partial charge in [0.15, 0.2) is 0 Å². The summed E-state index contributed by atoms with van der Waals surface area (Å²) >= 11 is 1.65. The number of anilines is 1. The molecule has 1 aliphatic heterocycles. The highest BCUT2D eigenvalue weighted by atomic mass is 35.5. The normalized spacial score (nSPS) is 17.3. The van der Waals surface area contributed by atoms with E-state index in [4.69, 9.17) is 5.73 Å². The summed E-state index contributed by atoms with van der Waals surface area (Å²) in [6, 6.07) is 17.2. The molecule has 1 aliphatic rings. The summed E-state index contributed by atoms with van der Waals surface area (Å²) in [5.74, 6) is -0.479. The van der Waals surface area contributed by atoms with Crippen LogP contribution in [0.2, 0.25) is 0 Å². The van der Waals surface area contributed by atoms with Crippen LogP contribution in [0.5, 0.6) is 0 Å². The Labute approximate surface area is 170 Å². The molecular formula is C20H24ClN3O2S. The molecule has 2 unspecified atom stereocenters. The number of hydrogen-bond acceptors (Lipinski definition) is 4. The Morgan fingerprint density at radius 2 is 1.89 bits per heavy atom. The summed E-state index contributed by atoms with van der Waals surface area (Å²) < 4.78 is 0. The van der Waals surface area contributed by atoms with Gasteiger partial charge in [-0.05, 0) is 36.1 Å². The lowest BCUT2D eigenvalue weighted by molar-refractivity contribution is -0.126. The number of rotatable bonds is 6. The van der Waals surface area contributed by atoms with E-state index in [0.29, 0.717) is 13.1 Å². The molecule has 5 nitrogen and oxygen atoms in total. The highest BCUT2D eigenvalue weighted by Crippen LogP contribution is 2.27. The molecule has 0 radical (unpaired) electrons. The Morgan fingerprint density at radius 1 is 1.22 bits per heavy atom. The predicted octanol–water partition coefficient (Wildman–Crippen LogP) is 3.00. The monoisotopic (exact) mass is 405 g/mol. The smallest absolute Gasteiger partial charge is 0.227 e. The van der Waals surface area contributed by atoms with Crippen molar-refractivity contribution in [2.45, 2.75) is 17.4 Å². The van der Waals surface area contributed by atoms with E-state index in [2.05, 4.69) is 5.32 Å². The van der Waals surface area contributed by atoms with Crippen molar-refractivity contribution < 1.29 is 9.59 Å². The Kier molecular flexibility index (Phi) is 7.71. The minimum atomic E-state index is -0.342. The van der Waals surface area contributed by atoms with Gasteiger partial charge in [0.05, 0.1) is 5.92 Å². The first-order valence-electron chi connectivity index (χ1n) is 8.61. The quantitative estimate of drug-likeness (QED) is 0.724. The molecule has 1 heterocycles. The van der Waals surface area contributed by atoms with Crippen molar-refractivity contribution in [2.75, 3.05) is 24.2 Å². The number of thioether (sulfide) groups is 1. The second kappa shape index (κ2) is 9.78. The van der Waals surface area contributed by atoms with Crippen molar-refractivity contribution in [3.63, 3.8) is 0 Å². The van der Waals surface area contributed by atoms with Crippen molar-refractivity contribution >= 4 is 41.7 Å². The molecule has 3 N–H and O–H groups in total. The second-order valence-corrected chi connectivity index (χ2v) is 7.25. The fourth-order valence-electron chi connectivity index (χ4n) is 3.07. The van der Waals surface area contributed by atoms with Gasteiger partial charge in [-0.15, -0.1) is 24.2 Å². The standard InChI is InChI=1S/C20H23N3O2S.ClH/c1-26-17-9-7-16(8-10-17)23-13-15(11-19(23)24)20(25)22-12-18(21)14-5-3-2-4-6-14;/h2-10,15,18H,11-13,21H2,1H3,(H,22,25);1H.